The Morgan fingerprint density at radius 1 is 1.33 bits per heavy atom. The molecule has 1 aromatic rings. The van der Waals surface area contributed by atoms with Crippen molar-refractivity contribution in [2.24, 2.45) is 5.92 Å². The zero-order valence-electron chi connectivity index (χ0n) is 13.8. The van der Waals surface area contributed by atoms with Crippen molar-refractivity contribution < 1.29 is 18.9 Å². The molecule has 2 N–H and O–H groups in total. The summed E-state index contributed by atoms with van der Waals surface area (Å²) in [5.74, 6) is 5.65. The Balaban J connectivity index is 2.12. The highest BCUT2D eigenvalue weighted by Crippen LogP contribution is 2.31. The maximum absolute atomic E-state index is 12.9. The summed E-state index contributed by atoms with van der Waals surface area (Å²) in [5.41, 5.74) is 1.69. The molecule has 5 nitrogen and oxygen atoms in total. The molecule has 0 aliphatic heterocycles. The Labute approximate surface area is 145 Å². The van der Waals surface area contributed by atoms with E-state index in [-0.39, 0.29) is 5.92 Å². The highest BCUT2D eigenvalue weighted by Gasteiger charge is 2.35. The van der Waals surface area contributed by atoms with E-state index in [0.717, 1.165) is 32.1 Å². The van der Waals surface area contributed by atoms with Crippen molar-refractivity contribution in [2.75, 3.05) is 6.61 Å². The Hall–Kier alpha value is -1.84. The molecule has 0 saturated heterocycles. The summed E-state index contributed by atoms with van der Waals surface area (Å²) >= 11 is 0. The van der Waals surface area contributed by atoms with Crippen molar-refractivity contribution in [3.05, 3.63) is 24.3 Å². The average Bonchev–Trinajstić information content (AvgIpc) is 2.63. The molecule has 1 aliphatic rings. The summed E-state index contributed by atoms with van der Waals surface area (Å²) in [7, 11) is -1.52. The Morgan fingerprint density at radius 3 is 2.58 bits per heavy atom. The highest BCUT2D eigenvalue weighted by atomic mass is 32.2. The number of hydrogen-bond donors (Lipinski definition) is 2. The van der Waals surface area contributed by atoms with Crippen LogP contribution in [-0.2, 0) is 15.6 Å². The molecule has 0 spiro atoms. The molecule has 0 radical (unpaired) electrons. The van der Waals surface area contributed by atoms with Crippen molar-refractivity contribution in [2.45, 2.75) is 49.2 Å². The summed E-state index contributed by atoms with van der Waals surface area (Å²) in [6, 6.07) is 6.84. The van der Waals surface area contributed by atoms with E-state index in [2.05, 4.69) is 11.8 Å². The molecule has 130 valence electrons. The van der Waals surface area contributed by atoms with E-state index in [0.29, 0.717) is 17.3 Å². The maximum atomic E-state index is 12.9. The van der Waals surface area contributed by atoms with E-state index in [4.69, 9.17) is 9.94 Å². The van der Waals surface area contributed by atoms with Gasteiger partial charge in [0.2, 0.25) is 0 Å². The molecule has 1 aliphatic carbocycles. The molecule has 0 bridgehead atoms. The minimum Gasteiger partial charge on any atom is -0.481 e. The van der Waals surface area contributed by atoms with Gasteiger partial charge in [0, 0.05) is 4.90 Å². The summed E-state index contributed by atoms with van der Waals surface area (Å²) in [6.45, 7) is 2.05. The Kier molecular flexibility index (Phi) is 7.29. The second kappa shape index (κ2) is 9.45. The fraction of sp³-hybridized carbons (Fsp3) is 0.500. The number of hydroxylamine groups is 1. The number of carbonyl (C=O) groups is 1. The van der Waals surface area contributed by atoms with Gasteiger partial charge in [-0.1, -0.05) is 25.2 Å². The molecule has 2 unspecified atom stereocenters. The number of hydrogen-bond acceptors (Lipinski definition) is 4. The monoisotopic (exact) mass is 349 g/mol. The van der Waals surface area contributed by atoms with E-state index >= 15 is 0 Å². The molecular formula is C18H23NO4S. The molecule has 24 heavy (non-hydrogen) atoms. The molecule has 0 aromatic heterocycles. The van der Waals surface area contributed by atoms with E-state index < -0.39 is 22.0 Å². The van der Waals surface area contributed by atoms with Crippen LogP contribution in [0.5, 0.6) is 5.75 Å². The minimum atomic E-state index is -1.52. The fourth-order valence-corrected chi connectivity index (χ4v) is 4.56. The van der Waals surface area contributed by atoms with E-state index in [1.807, 2.05) is 0 Å². The number of carbonyl (C=O) groups excluding carboxylic acids is 1. The van der Waals surface area contributed by atoms with Crippen LogP contribution in [0.3, 0.4) is 0 Å². The molecular weight excluding hydrogens is 326 g/mol. The average molecular weight is 349 g/mol. The smallest absolute Gasteiger partial charge is 0.259 e. The van der Waals surface area contributed by atoms with Gasteiger partial charge in [0.05, 0.1) is 10.8 Å². The van der Waals surface area contributed by atoms with E-state index in [1.165, 1.54) is 0 Å². The predicted octanol–water partition coefficient (Wildman–Crippen LogP) is 2.65. The number of benzene rings is 1. The summed E-state index contributed by atoms with van der Waals surface area (Å²) < 4.78 is 18.3. The first-order valence-electron chi connectivity index (χ1n) is 8.14. The Bertz CT molecular complexity index is 627. The quantitative estimate of drug-likeness (QED) is 0.470. The third-order valence-electron chi connectivity index (χ3n) is 4.22. The van der Waals surface area contributed by atoms with Crippen molar-refractivity contribution in [1.29, 1.82) is 0 Å². The van der Waals surface area contributed by atoms with Crippen LogP contribution in [-0.4, -0.2) is 27.2 Å². The van der Waals surface area contributed by atoms with Gasteiger partial charge in [0.25, 0.3) is 5.91 Å². The largest absolute Gasteiger partial charge is 0.481 e. The van der Waals surface area contributed by atoms with Crippen LogP contribution in [0, 0.1) is 17.8 Å². The molecule has 1 amide bonds. The highest BCUT2D eigenvalue weighted by molar-refractivity contribution is 7.86. The van der Waals surface area contributed by atoms with Gasteiger partial charge in [0.1, 0.15) is 17.6 Å². The molecule has 0 heterocycles. The lowest BCUT2D eigenvalue weighted by molar-refractivity contribution is -0.129. The lowest BCUT2D eigenvalue weighted by atomic mass is 9.86. The van der Waals surface area contributed by atoms with Crippen LogP contribution < -0.4 is 10.2 Å². The number of nitrogens with one attached hydrogen (secondary N) is 1. The zero-order chi connectivity index (χ0) is 17.4. The fourth-order valence-electron chi connectivity index (χ4n) is 2.99. The summed E-state index contributed by atoms with van der Waals surface area (Å²) in [6.07, 6.45) is 4.93. The van der Waals surface area contributed by atoms with Gasteiger partial charge in [-0.05, 0) is 49.9 Å². The maximum Gasteiger partial charge on any atom is 0.259 e. The van der Waals surface area contributed by atoms with Gasteiger partial charge >= 0.3 is 0 Å². The lowest BCUT2D eigenvalue weighted by Gasteiger charge is -2.28. The van der Waals surface area contributed by atoms with Crippen molar-refractivity contribution in [3.63, 3.8) is 0 Å². The van der Waals surface area contributed by atoms with Gasteiger partial charge in [-0.25, -0.2) is 5.48 Å². The van der Waals surface area contributed by atoms with Crippen LogP contribution >= 0.6 is 0 Å². The van der Waals surface area contributed by atoms with Crippen molar-refractivity contribution >= 4 is 16.7 Å². The Morgan fingerprint density at radius 2 is 2.00 bits per heavy atom. The normalized spacial score (nSPS) is 17.2. The van der Waals surface area contributed by atoms with Gasteiger partial charge in [-0.3, -0.25) is 14.2 Å². The van der Waals surface area contributed by atoms with Gasteiger partial charge < -0.3 is 4.74 Å². The first-order valence-corrected chi connectivity index (χ1v) is 9.35. The van der Waals surface area contributed by atoms with Crippen LogP contribution in [0.1, 0.15) is 39.0 Å². The van der Waals surface area contributed by atoms with E-state index in [1.54, 1.807) is 36.7 Å². The molecule has 2 atom stereocenters. The molecule has 6 heteroatoms. The number of rotatable bonds is 6. The molecule has 1 aromatic carbocycles. The standard InChI is InChI=1S/C18H23NO4S/c1-2-3-13-23-15-9-11-16(12-10-15)24(22)17(18(20)19-21)14-7-5-4-6-8-14/h9-12,14,17,21H,4-8,13H2,1H3,(H,19,20). The first kappa shape index (κ1) is 18.5. The predicted molar refractivity (Wildman–Crippen MR) is 92.1 cm³/mol. The van der Waals surface area contributed by atoms with Crippen LogP contribution in [0.4, 0.5) is 0 Å². The van der Waals surface area contributed by atoms with Crippen molar-refractivity contribution in [3.8, 4) is 17.6 Å². The molecule has 2 rings (SSSR count). The lowest BCUT2D eigenvalue weighted by Crippen LogP contribution is -2.41. The zero-order valence-corrected chi connectivity index (χ0v) is 14.6. The molecule has 1 fully saturated rings. The first-order chi connectivity index (χ1) is 11.7. The topological polar surface area (TPSA) is 75.6 Å². The number of ether oxygens (including phenoxy) is 1. The summed E-state index contributed by atoms with van der Waals surface area (Å²) in [4.78, 5) is 12.6. The van der Waals surface area contributed by atoms with E-state index in [9.17, 15) is 9.00 Å². The third-order valence-corrected chi connectivity index (χ3v) is 6.02. The minimum absolute atomic E-state index is 0.0301. The van der Waals surface area contributed by atoms with Crippen LogP contribution in [0.15, 0.2) is 29.2 Å². The third kappa shape index (κ3) is 4.83. The van der Waals surface area contributed by atoms with Gasteiger partial charge in [-0.15, -0.1) is 5.92 Å². The van der Waals surface area contributed by atoms with Crippen LogP contribution in [0.2, 0.25) is 0 Å². The van der Waals surface area contributed by atoms with Gasteiger partial charge in [0.15, 0.2) is 0 Å². The number of amides is 1. The second-order valence-corrected chi connectivity index (χ2v) is 7.35. The second-order valence-electron chi connectivity index (χ2n) is 5.78. The van der Waals surface area contributed by atoms with Gasteiger partial charge in [-0.2, -0.15) is 0 Å². The molecule has 1 saturated carbocycles. The summed E-state index contributed by atoms with van der Waals surface area (Å²) in [5, 5.41) is 8.30. The SMILES string of the molecule is CC#CCOc1ccc(S(=O)C(C(=O)NO)C2CCCCC2)cc1. The van der Waals surface area contributed by atoms with Crippen molar-refractivity contribution in [1.82, 2.24) is 5.48 Å². The van der Waals surface area contributed by atoms with Crippen LogP contribution in [0.25, 0.3) is 0 Å².